The average molecular weight is 450 g/mol. The van der Waals surface area contributed by atoms with Gasteiger partial charge < -0.3 is 24.8 Å². The number of ether oxygens (including phenoxy) is 1. The first-order valence-corrected chi connectivity index (χ1v) is 11.2. The lowest BCUT2D eigenvalue weighted by Gasteiger charge is -2.20. The minimum atomic E-state index is 0.514. The molecular weight excluding hydrogens is 414 g/mol. The van der Waals surface area contributed by atoms with Crippen LogP contribution < -0.4 is 20.3 Å². The minimum absolute atomic E-state index is 0.514. The van der Waals surface area contributed by atoms with E-state index in [2.05, 4.69) is 76.1 Å². The van der Waals surface area contributed by atoms with Gasteiger partial charge in [0, 0.05) is 38.4 Å². The van der Waals surface area contributed by atoms with Crippen LogP contribution in [-0.4, -0.2) is 48.0 Å². The molecule has 0 unspecified atom stereocenters. The van der Waals surface area contributed by atoms with E-state index in [1.165, 1.54) is 5.69 Å². The van der Waals surface area contributed by atoms with Crippen molar-refractivity contribution < 1.29 is 4.74 Å². The van der Waals surface area contributed by atoms with E-state index in [1.54, 1.807) is 7.11 Å². The summed E-state index contributed by atoms with van der Waals surface area (Å²) in [5, 5.41) is 15.2. The lowest BCUT2D eigenvalue weighted by atomic mass is 10.1. The molecule has 8 heteroatoms. The molecule has 2 aromatic carbocycles. The van der Waals surface area contributed by atoms with Gasteiger partial charge in [-0.15, -0.1) is 10.2 Å². The maximum atomic E-state index is 5.54. The molecule has 0 amide bonds. The van der Waals surface area contributed by atoms with Gasteiger partial charge in [0.2, 0.25) is 0 Å². The van der Waals surface area contributed by atoms with Crippen LogP contribution in [0.15, 0.2) is 53.5 Å². The zero-order valence-electron chi connectivity index (χ0n) is 20.3. The van der Waals surface area contributed by atoms with Gasteiger partial charge in [-0.1, -0.05) is 30.3 Å². The fraction of sp³-hybridized carbons (Fsp3) is 0.400. The van der Waals surface area contributed by atoms with Crippen molar-refractivity contribution in [1.82, 2.24) is 25.4 Å². The van der Waals surface area contributed by atoms with Crippen LogP contribution in [0.5, 0.6) is 5.75 Å². The molecule has 3 rings (SSSR count). The first kappa shape index (κ1) is 24.1. The van der Waals surface area contributed by atoms with Crippen molar-refractivity contribution in [3.8, 4) is 5.75 Å². The third-order valence-corrected chi connectivity index (χ3v) is 5.61. The van der Waals surface area contributed by atoms with Crippen LogP contribution in [0.4, 0.5) is 5.69 Å². The number of hydrogen-bond acceptors (Lipinski definition) is 5. The van der Waals surface area contributed by atoms with Crippen molar-refractivity contribution in [2.24, 2.45) is 12.0 Å². The van der Waals surface area contributed by atoms with Gasteiger partial charge in [-0.25, -0.2) is 4.99 Å². The highest BCUT2D eigenvalue weighted by Crippen LogP contribution is 2.20. The Morgan fingerprint density at radius 1 is 1.09 bits per heavy atom. The fourth-order valence-electron chi connectivity index (χ4n) is 3.42. The minimum Gasteiger partial charge on any atom is -0.496 e. The molecule has 0 bridgehead atoms. The summed E-state index contributed by atoms with van der Waals surface area (Å²) in [5.74, 6) is 3.33. The van der Waals surface area contributed by atoms with Gasteiger partial charge in [0.05, 0.1) is 20.2 Å². The van der Waals surface area contributed by atoms with Crippen LogP contribution in [0.3, 0.4) is 0 Å². The zero-order chi connectivity index (χ0) is 23.6. The fourth-order valence-corrected chi connectivity index (χ4v) is 3.42. The SMILES string of the molecule is COc1cc(C)ccc1CN=C(NCCCN(C)c1ccccc1)NCc1nnc(C)n1C. The molecule has 0 saturated heterocycles. The lowest BCUT2D eigenvalue weighted by Crippen LogP contribution is -2.39. The second-order valence-electron chi connectivity index (χ2n) is 8.09. The number of nitrogens with one attached hydrogen (secondary N) is 2. The number of guanidine groups is 1. The second-order valence-corrected chi connectivity index (χ2v) is 8.09. The first-order valence-electron chi connectivity index (χ1n) is 11.2. The Balaban J connectivity index is 1.62. The maximum absolute atomic E-state index is 5.54. The van der Waals surface area contributed by atoms with Gasteiger partial charge in [0.1, 0.15) is 11.6 Å². The molecule has 3 aromatic rings. The number of nitrogens with zero attached hydrogens (tertiary/aromatic N) is 5. The molecule has 0 aliphatic carbocycles. The molecule has 0 atom stereocenters. The van der Waals surface area contributed by atoms with Crippen LogP contribution in [0, 0.1) is 13.8 Å². The summed E-state index contributed by atoms with van der Waals surface area (Å²) in [6.45, 7) is 6.79. The molecule has 1 heterocycles. The Hall–Kier alpha value is -3.55. The van der Waals surface area contributed by atoms with Crippen LogP contribution in [0.1, 0.15) is 29.2 Å². The topological polar surface area (TPSA) is 79.6 Å². The van der Waals surface area contributed by atoms with Crippen LogP contribution in [0.25, 0.3) is 0 Å². The summed E-state index contributed by atoms with van der Waals surface area (Å²) in [4.78, 5) is 7.06. The molecule has 0 aliphatic heterocycles. The van der Waals surface area contributed by atoms with Gasteiger partial charge in [-0.2, -0.15) is 0 Å². The number of anilines is 1. The molecule has 0 saturated carbocycles. The van der Waals surface area contributed by atoms with Crippen LogP contribution in [0.2, 0.25) is 0 Å². The number of methoxy groups -OCH3 is 1. The number of para-hydroxylation sites is 1. The molecule has 0 spiro atoms. The van der Waals surface area contributed by atoms with E-state index in [0.29, 0.717) is 13.1 Å². The summed E-state index contributed by atoms with van der Waals surface area (Å²) in [6.07, 6.45) is 0.975. The van der Waals surface area contributed by atoms with Gasteiger partial charge in [0.15, 0.2) is 11.8 Å². The molecule has 0 fully saturated rings. The number of aliphatic imine (C=N–C) groups is 1. The van der Waals surface area contributed by atoms with E-state index < -0.39 is 0 Å². The van der Waals surface area contributed by atoms with E-state index >= 15 is 0 Å². The zero-order valence-corrected chi connectivity index (χ0v) is 20.3. The van der Waals surface area contributed by atoms with E-state index in [-0.39, 0.29) is 0 Å². The highest BCUT2D eigenvalue weighted by Gasteiger charge is 2.08. The second kappa shape index (κ2) is 11.9. The average Bonchev–Trinajstić information content (AvgIpc) is 3.16. The van der Waals surface area contributed by atoms with Crippen molar-refractivity contribution in [2.45, 2.75) is 33.4 Å². The molecular formula is C25H35N7O. The van der Waals surface area contributed by atoms with Crippen molar-refractivity contribution >= 4 is 11.6 Å². The highest BCUT2D eigenvalue weighted by atomic mass is 16.5. The number of benzene rings is 2. The Kier molecular flexibility index (Phi) is 8.69. The van der Waals surface area contributed by atoms with Gasteiger partial charge in [0.25, 0.3) is 0 Å². The van der Waals surface area contributed by atoms with Crippen LogP contribution >= 0.6 is 0 Å². The molecule has 176 valence electrons. The molecule has 2 N–H and O–H groups in total. The smallest absolute Gasteiger partial charge is 0.191 e. The molecule has 8 nitrogen and oxygen atoms in total. The van der Waals surface area contributed by atoms with E-state index in [4.69, 9.17) is 9.73 Å². The Labute approximate surface area is 196 Å². The number of aromatic nitrogens is 3. The molecule has 0 radical (unpaired) electrons. The highest BCUT2D eigenvalue weighted by molar-refractivity contribution is 5.79. The molecule has 33 heavy (non-hydrogen) atoms. The third-order valence-electron chi connectivity index (χ3n) is 5.61. The lowest BCUT2D eigenvalue weighted by molar-refractivity contribution is 0.409. The Bertz CT molecular complexity index is 1050. The van der Waals surface area contributed by atoms with Crippen LogP contribution in [-0.2, 0) is 20.1 Å². The van der Waals surface area contributed by atoms with E-state index in [0.717, 1.165) is 54.0 Å². The Morgan fingerprint density at radius 2 is 1.88 bits per heavy atom. The molecule has 1 aromatic heterocycles. The van der Waals surface area contributed by atoms with E-state index in [9.17, 15) is 0 Å². The van der Waals surface area contributed by atoms with Crippen molar-refractivity contribution in [3.63, 3.8) is 0 Å². The summed E-state index contributed by atoms with van der Waals surface area (Å²) < 4.78 is 7.51. The van der Waals surface area contributed by atoms with E-state index in [1.807, 2.05) is 30.7 Å². The largest absolute Gasteiger partial charge is 0.496 e. The van der Waals surface area contributed by atoms with Crippen molar-refractivity contribution in [1.29, 1.82) is 0 Å². The summed E-state index contributed by atoms with van der Waals surface area (Å²) in [7, 11) is 5.77. The normalized spacial score (nSPS) is 11.4. The predicted molar refractivity (Wildman–Crippen MR) is 134 cm³/mol. The van der Waals surface area contributed by atoms with Crippen molar-refractivity contribution in [2.75, 3.05) is 32.1 Å². The third kappa shape index (κ3) is 6.97. The summed E-state index contributed by atoms with van der Waals surface area (Å²) >= 11 is 0. The predicted octanol–water partition coefficient (Wildman–Crippen LogP) is 3.20. The number of aryl methyl sites for hydroxylation is 2. The summed E-state index contributed by atoms with van der Waals surface area (Å²) in [5.41, 5.74) is 3.42. The number of hydrogen-bond donors (Lipinski definition) is 2. The van der Waals surface area contributed by atoms with Gasteiger partial charge in [-0.05, 0) is 44.0 Å². The standard InChI is InChI=1S/C25H35N7O/c1-19-12-13-21(23(16-19)33-5)17-27-25(28-18-24-30-29-20(2)32(24)4)26-14-9-15-31(3)22-10-7-6-8-11-22/h6-8,10-13,16H,9,14-15,17-18H2,1-5H3,(H2,26,27,28). The first-order chi connectivity index (χ1) is 16.0. The number of rotatable bonds is 10. The van der Waals surface area contributed by atoms with Gasteiger partial charge in [-0.3, -0.25) is 0 Å². The van der Waals surface area contributed by atoms with Gasteiger partial charge >= 0.3 is 0 Å². The van der Waals surface area contributed by atoms with Crippen molar-refractivity contribution in [3.05, 3.63) is 71.3 Å². The molecule has 0 aliphatic rings. The Morgan fingerprint density at radius 3 is 2.58 bits per heavy atom. The summed E-state index contributed by atoms with van der Waals surface area (Å²) in [6, 6.07) is 16.6. The maximum Gasteiger partial charge on any atom is 0.191 e. The quantitative estimate of drug-likeness (QED) is 0.281. The monoisotopic (exact) mass is 449 g/mol.